The van der Waals surface area contributed by atoms with Crippen molar-refractivity contribution in [3.8, 4) is 0 Å². The normalized spacial score (nSPS) is 14.5. The van der Waals surface area contributed by atoms with Gasteiger partial charge in [-0.1, -0.05) is 69.2 Å². The number of benzene rings is 2. The third-order valence-corrected chi connectivity index (χ3v) is 6.31. The summed E-state index contributed by atoms with van der Waals surface area (Å²) in [6, 6.07) is 16.5. The Bertz CT molecular complexity index is 747. The minimum atomic E-state index is 0. The number of fused-ring (bicyclic) bond motifs is 1. The first-order chi connectivity index (χ1) is 14.7. The van der Waals surface area contributed by atoms with Crippen molar-refractivity contribution in [3.05, 3.63) is 70.3 Å². The standard InChI is InChI=1S/C26H38N2.CH2O.H2/c1-4-6-7-23(5-2)24-11-8-21(9-12-24)14-16-28-17-15-25-13-10-22(19-27-3)18-26(25)20-28;1-2;/h8-13,18,23,27H,4-7,14-17,19-20H2,1-3H3;1H2;1H. The molecule has 2 aromatic rings. The van der Waals surface area contributed by atoms with E-state index in [-0.39, 0.29) is 1.43 Å². The zero-order chi connectivity index (χ0) is 21.8. The molecule has 2 aromatic carbocycles. The van der Waals surface area contributed by atoms with Crippen LogP contribution in [0.2, 0.25) is 0 Å². The third-order valence-electron chi connectivity index (χ3n) is 6.31. The molecule has 0 saturated carbocycles. The molecule has 1 aliphatic heterocycles. The lowest BCUT2D eigenvalue weighted by Gasteiger charge is -2.29. The molecule has 0 fully saturated rings. The smallest absolute Gasteiger partial charge is 0.106 e. The Balaban J connectivity index is 0.00000156. The molecular formula is C27H42N2O. The molecule has 166 valence electrons. The predicted molar refractivity (Wildman–Crippen MR) is 130 cm³/mol. The highest BCUT2D eigenvalue weighted by atomic mass is 16.1. The van der Waals surface area contributed by atoms with Crippen LogP contribution in [0.25, 0.3) is 0 Å². The van der Waals surface area contributed by atoms with Gasteiger partial charge in [-0.2, -0.15) is 0 Å². The molecule has 1 N–H and O–H groups in total. The van der Waals surface area contributed by atoms with E-state index in [9.17, 15) is 0 Å². The lowest BCUT2D eigenvalue weighted by molar-refractivity contribution is -0.0979. The summed E-state index contributed by atoms with van der Waals surface area (Å²) in [5.41, 5.74) is 7.47. The van der Waals surface area contributed by atoms with Gasteiger partial charge in [0.25, 0.3) is 0 Å². The Labute approximate surface area is 185 Å². The van der Waals surface area contributed by atoms with E-state index in [4.69, 9.17) is 4.79 Å². The van der Waals surface area contributed by atoms with Crippen molar-refractivity contribution in [2.75, 3.05) is 20.1 Å². The Morgan fingerprint density at radius 2 is 1.80 bits per heavy atom. The van der Waals surface area contributed by atoms with Gasteiger partial charge in [0.2, 0.25) is 0 Å². The molecule has 0 radical (unpaired) electrons. The monoisotopic (exact) mass is 410 g/mol. The molecule has 3 nitrogen and oxygen atoms in total. The third kappa shape index (κ3) is 7.07. The summed E-state index contributed by atoms with van der Waals surface area (Å²) in [6.07, 6.45) is 7.55. The second-order valence-corrected chi connectivity index (χ2v) is 8.40. The Kier molecular flexibility index (Phi) is 10.8. The number of carbonyl (C=O) groups excluding carboxylic acids is 1. The van der Waals surface area contributed by atoms with E-state index >= 15 is 0 Å². The number of hydrogen-bond acceptors (Lipinski definition) is 3. The first-order valence-corrected chi connectivity index (χ1v) is 11.6. The van der Waals surface area contributed by atoms with Crippen LogP contribution >= 0.6 is 0 Å². The molecule has 0 spiro atoms. The van der Waals surface area contributed by atoms with Crippen molar-refractivity contribution in [2.45, 2.75) is 71.4 Å². The van der Waals surface area contributed by atoms with Gasteiger partial charge in [-0.25, -0.2) is 0 Å². The molecule has 3 heteroatoms. The van der Waals surface area contributed by atoms with Crippen LogP contribution < -0.4 is 5.32 Å². The maximum atomic E-state index is 8.00. The molecule has 0 amide bonds. The average molecular weight is 411 g/mol. The fourth-order valence-corrected chi connectivity index (χ4v) is 4.47. The predicted octanol–water partition coefficient (Wildman–Crippen LogP) is 5.75. The average Bonchev–Trinajstić information content (AvgIpc) is 2.80. The van der Waals surface area contributed by atoms with Gasteiger partial charge < -0.3 is 10.1 Å². The molecule has 1 heterocycles. The molecule has 0 bridgehead atoms. The summed E-state index contributed by atoms with van der Waals surface area (Å²) in [5, 5.41) is 3.26. The van der Waals surface area contributed by atoms with E-state index in [0.29, 0.717) is 0 Å². The number of carbonyl (C=O) groups is 1. The van der Waals surface area contributed by atoms with Crippen LogP contribution in [0.15, 0.2) is 42.5 Å². The number of unbranched alkanes of at least 4 members (excludes halogenated alkanes) is 1. The SMILES string of the molecule is C=O.CCCCC(CC)c1ccc(CCN2CCc3ccc(CNC)cc3C2)cc1.[HH]. The van der Waals surface area contributed by atoms with E-state index in [0.717, 1.165) is 32.0 Å². The van der Waals surface area contributed by atoms with Crippen LogP contribution in [0.4, 0.5) is 0 Å². The van der Waals surface area contributed by atoms with Gasteiger partial charge in [0.1, 0.15) is 6.79 Å². The maximum absolute atomic E-state index is 8.00. The van der Waals surface area contributed by atoms with E-state index in [1.807, 2.05) is 13.8 Å². The van der Waals surface area contributed by atoms with Gasteiger partial charge >= 0.3 is 0 Å². The molecular weight excluding hydrogens is 368 g/mol. The van der Waals surface area contributed by atoms with Gasteiger partial charge in [-0.3, -0.25) is 4.90 Å². The van der Waals surface area contributed by atoms with Gasteiger partial charge in [-0.05, 0) is 66.5 Å². The lowest BCUT2D eigenvalue weighted by atomic mass is 9.90. The van der Waals surface area contributed by atoms with Gasteiger partial charge in [0.15, 0.2) is 0 Å². The summed E-state index contributed by atoms with van der Waals surface area (Å²) in [7, 11) is 2.02. The quantitative estimate of drug-likeness (QED) is 0.541. The zero-order valence-electron chi connectivity index (χ0n) is 19.3. The molecule has 1 unspecified atom stereocenters. The molecule has 30 heavy (non-hydrogen) atoms. The van der Waals surface area contributed by atoms with E-state index < -0.39 is 0 Å². The number of nitrogens with one attached hydrogen (secondary N) is 1. The first kappa shape index (κ1) is 24.3. The van der Waals surface area contributed by atoms with E-state index in [1.54, 1.807) is 0 Å². The highest BCUT2D eigenvalue weighted by molar-refractivity contribution is 5.34. The van der Waals surface area contributed by atoms with Crippen LogP contribution in [-0.2, 0) is 30.7 Å². The number of hydrogen-bond donors (Lipinski definition) is 1. The largest absolute Gasteiger partial charge is 0.316 e. The number of nitrogens with zero attached hydrogens (tertiary/aromatic N) is 1. The first-order valence-electron chi connectivity index (χ1n) is 11.6. The summed E-state index contributed by atoms with van der Waals surface area (Å²) in [5.74, 6) is 0.736. The van der Waals surface area contributed by atoms with Crippen LogP contribution in [0.5, 0.6) is 0 Å². The van der Waals surface area contributed by atoms with Crippen LogP contribution in [0.1, 0.15) is 74.7 Å². The Morgan fingerprint density at radius 3 is 2.47 bits per heavy atom. The molecule has 1 aliphatic rings. The highest BCUT2D eigenvalue weighted by Gasteiger charge is 2.16. The fraction of sp³-hybridized carbons (Fsp3) is 0.519. The number of rotatable bonds is 10. The summed E-state index contributed by atoms with van der Waals surface area (Å²) < 4.78 is 0. The summed E-state index contributed by atoms with van der Waals surface area (Å²) in [4.78, 5) is 10.6. The second-order valence-electron chi connectivity index (χ2n) is 8.40. The van der Waals surface area contributed by atoms with Crippen molar-refractivity contribution in [1.82, 2.24) is 10.2 Å². The van der Waals surface area contributed by atoms with Gasteiger partial charge in [0, 0.05) is 27.6 Å². The fourth-order valence-electron chi connectivity index (χ4n) is 4.47. The zero-order valence-corrected chi connectivity index (χ0v) is 19.3. The van der Waals surface area contributed by atoms with Gasteiger partial charge in [0.05, 0.1) is 0 Å². The maximum Gasteiger partial charge on any atom is 0.106 e. The molecule has 3 rings (SSSR count). The van der Waals surface area contributed by atoms with Crippen molar-refractivity contribution in [2.24, 2.45) is 0 Å². The van der Waals surface area contributed by atoms with Crippen LogP contribution in [-0.4, -0.2) is 31.8 Å². The minimum absolute atomic E-state index is 0. The molecule has 0 aliphatic carbocycles. The molecule has 1 atom stereocenters. The van der Waals surface area contributed by atoms with Crippen molar-refractivity contribution < 1.29 is 6.22 Å². The van der Waals surface area contributed by atoms with Crippen molar-refractivity contribution in [1.29, 1.82) is 0 Å². The van der Waals surface area contributed by atoms with E-state index in [1.165, 1.54) is 66.5 Å². The topological polar surface area (TPSA) is 32.3 Å². The van der Waals surface area contributed by atoms with Crippen LogP contribution in [0.3, 0.4) is 0 Å². The molecule has 0 saturated heterocycles. The Morgan fingerprint density at radius 1 is 1.07 bits per heavy atom. The summed E-state index contributed by atoms with van der Waals surface area (Å²) in [6.45, 7) is 11.0. The molecule has 0 aromatic heterocycles. The highest BCUT2D eigenvalue weighted by Crippen LogP contribution is 2.26. The lowest BCUT2D eigenvalue weighted by Crippen LogP contribution is -2.32. The van der Waals surface area contributed by atoms with Crippen molar-refractivity contribution in [3.63, 3.8) is 0 Å². The Hall–Kier alpha value is -1.97. The van der Waals surface area contributed by atoms with E-state index in [2.05, 4.69) is 66.5 Å². The van der Waals surface area contributed by atoms with Crippen molar-refractivity contribution >= 4 is 6.79 Å². The van der Waals surface area contributed by atoms with Crippen LogP contribution in [0, 0.1) is 0 Å². The minimum Gasteiger partial charge on any atom is -0.316 e. The van der Waals surface area contributed by atoms with Gasteiger partial charge in [-0.15, -0.1) is 0 Å². The summed E-state index contributed by atoms with van der Waals surface area (Å²) >= 11 is 0. The second kappa shape index (κ2) is 13.4.